The lowest BCUT2D eigenvalue weighted by molar-refractivity contribution is 0.621. The van der Waals surface area contributed by atoms with E-state index in [-0.39, 0.29) is 0 Å². The van der Waals surface area contributed by atoms with E-state index in [2.05, 4.69) is 47.4 Å². The molecule has 0 unspecified atom stereocenters. The number of nitrogens with one attached hydrogen (secondary N) is 1. The van der Waals surface area contributed by atoms with Gasteiger partial charge in [0.25, 0.3) is 0 Å². The highest BCUT2D eigenvalue weighted by Gasteiger charge is 2.14. The second-order valence-electron chi connectivity index (χ2n) is 6.96. The Morgan fingerprint density at radius 1 is 0.893 bits per heavy atom. The maximum atomic E-state index is 5.80. The number of aromatic nitrogens is 4. The highest BCUT2D eigenvalue weighted by atomic mass is 16.4. The number of nitrogens with zero attached hydrogens (tertiary/aromatic N) is 4. The minimum atomic E-state index is 0.427. The molecule has 6 nitrogen and oxygen atoms in total. The van der Waals surface area contributed by atoms with Crippen LogP contribution in [0.2, 0.25) is 0 Å². The molecule has 2 aromatic carbocycles. The Labute approximate surface area is 161 Å². The molecule has 0 radical (unpaired) electrons. The molecule has 0 aliphatic heterocycles. The topological polar surface area (TPSA) is 68.8 Å². The standard InChI is InChI=1S/C22H19N5O/c1-13-7-6-8-16-14(2)11-19(24-21(13)16)27-20(12-15(3)26-27)25-22-23-17-9-4-5-10-18(17)28-22/h4-12H,1-3H3,(H,23,25). The average Bonchev–Trinajstić information content (AvgIpc) is 3.25. The molecule has 1 N–H and O–H groups in total. The minimum Gasteiger partial charge on any atom is -0.423 e. The first-order valence-electron chi connectivity index (χ1n) is 9.15. The second kappa shape index (κ2) is 6.20. The van der Waals surface area contributed by atoms with Crippen LogP contribution in [0.1, 0.15) is 16.8 Å². The highest BCUT2D eigenvalue weighted by Crippen LogP contribution is 2.27. The van der Waals surface area contributed by atoms with Gasteiger partial charge in [0.2, 0.25) is 0 Å². The number of rotatable bonds is 3. The molecule has 0 atom stereocenters. The quantitative estimate of drug-likeness (QED) is 0.471. The van der Waals surface area contributed by atoms with Crippen LogP contribution in [0.15, 0.2) is 59.0 Å². The van der Waals surface area contributed by atoms with Crippen LogP contribution in [-0.4, -0.2) is 19.7 Å². The molecule has 0 aliphatic carbocycles. The zero-order valence-corrected chi connectivity index (χ0v) is 15.9. The fraction of sp³-hybridized carbons (Fsp3) is 0.136. The molecule has 0 aliphatic rings. The van der Waals surface area contributed by atoms with Gasteiger partial charge >= 0.3 is 6.01 Å². The zero-order chi connectivity index (χ0) is 19.3. The average molecular weight is 369 g/mol. The van der Waals surface area contributed by atoms with E-state index in [1.807, 2.05) is 43.3 Å². The van der Waals surface area contributed by atoms with E-state index in [9.17, 15) is 0 Å². The molecule has 0 saturated carbocycles. The van der Waals surface area contributed by atoms with Crippen molar-refractivity contribution >= 4 is 33.8 Å². The molecule has 0 amide bonds. The number of pyridine rings is 1. The first kappa shape index (κ1) is 16.5. The predicted octanol–water partition coefficient (Wildman–Crippen LogP) is 5.23. The van der Waals surface area contributed by atoms with E-state index in [0.29, 0.717) is 6.01 Å². The van der Waals surface area contributed by atoms with Gasteiger partial charge in [-0.3, -0.25) is 5.32 Å². The Morgan fingerprint density at radius 3 is 2.61 bits per heavy atom. The van der Waals surface area contributed by atoms with E-state index < -0.39 is 0 Å². The van der Waals surface area contributed by atoms with Crippen molar-refractivity contribution < 1.29 is 4.42 Å². The van der Waals surface area contributed by atoms with Crippen molar-refractivity contribution in [3.05, 3.63) is 71.4 Å². The van der Waals surface area contributed by atoms with Crippen molar-refractivity contribution in [2.45, 2.75) is 20.8 Å². The monoisotopic (exact) mass is 369 g/mol. The van der Waals surface area contributed by atoms with Crippen molar-refractivity contribution in [2.24, 2.45) is 0 Å². The van der Waals surface area contributed by atoms with Gasteiger partial charge < -0.3 is 4.42 Å². The molecule has 6 heteroatoms. The number of fused-ring (bicyclic) bond motifs is 2. The summed E-state index contributed by atoms with van der Waals surface area (Å²) in [5.41, 5.74) is 5.71. The van der Waals surface area contributed by atoms with Gasteiger partial charge in [-0.15, -0.1) is 0 Å². The lowest BCUT2D eigenvalue weighted by Crippen LogP contribution is -2.06. The highest BCUT2D eigenvalue weighted by molar-refractivity contribution is 5.85. The number of benzene rings is 2. The largest absolute Gasteiger partial charge is 0.423 e. The number of hydrogen-bond acceptors (Lipinski definition) is 5. The molecule has 0 bridgehead atoms. The summed E-state index contributed by atoms with van der Waals surface area (Å²) in [6, 6.07) is 18.3. The zero-order valence-electron chi connectivity index (χ0n) is 15.9. The Hall–Kier alpha value is -3.67. The molecule has 5 aromatic rings. The maximum absolute atomic E-state index is 5.80. The maximum Gasteiger partial charge on any atom is 0.301 e. The van der Waals surface area contributed by atoms with Gasteiger partial charge in [-0.05, 0) is 50.1 Å². The molecular formula is C22H19N5O. The van der Waals surface area contributed by atoms with Gasteiger partial charge in [0, 0.05) is 11.5 Å². The summed E-state index contributed by atoms with van der Waals surface area (Å²) in [5.74, 6) is 1.51. The summed E-state index contributed by atoms with van der Waals surface area (Å²) in [7, 11) is 0. The Balaban J connectivity index is 1.62. The van der Waals surface area contributed by atoms with Crippen molar-refractivity contribution in [3.63, 3.8) is 0 Å². The molecule has 3 heterocycles. The number of para-hydroxylation sites is 3. The van der Waals surface area contributed by atoms with E-state index in [1.54, 1.807) is 4.68 Å². The van der Waals surface area contributed by atoms with E-state index in [1.165, 1.54) is 0 Å². The molecule has 0 spiro atoms. The SMILES string of the molecule is Cc1cc(Nc2nc3ccccc3o2)n(-c2cc(C)c3cccc(C)c3n2)n1. The Morgan fingerprint density at radius 2 is 1.75 bits per heavy atom. The van der Waals surface area contributed by atoms with Crippen LogP contribution < -0.4 is 5.32 Å². The summed E-state index contributed by atoms with van der Waals surface area (Å²) >= 11 is 0. The summed E-state index contributed by atoms with van der Waals surface area (Å²) < 4.78 is 7.60. The molecule has 3 aromatic heterocycles. The Bertz CT molecular complexity index is 1300. The molecule has 28 heavy (non-hydrogen) atoms. The van der Waals surface area contributed by atoms with Crippen LogP contribution in [-0.2, 0) is 0 Å². The lowest BCUT2D eigenvalue weighted by atomic mass is 10.1. The van der Waals surface area contributed by atoms with Crippen LogP contribution in [0.4, 0.5) is 11.8 Å². The molecular weight excluding hydrogens is 350 g/mol. The van der Waals surface area contributed by atoms with Gasteiger partial charge in [0.05, 0.1) is 11.2 Å². The molecule has 138 valence electrons. The normalized spacial score (nSPS) is 11.4. The minimum absolute atomic E-state index is 0.427. The third kappa shape index (κ3) is 2.70. The first-order valence-corrected chi connectivity index (χ1v) is 9.15. The van der Waals surface area contributed by atoms with E-state index in [4.69, 9.17) is 9.40 Å². The third-order valence-electron chi connectivity index (χ3n) is 4.81. The summed E-state index contributed by atoms with van der Waals surface area (Å²) in [6.45, 7) is 6.12. The number of hydrogen-bond donors (Lipinski definition) is 1. The van der Waals surface area contributed by atoms with Gasteiger partial charge in [-0.1, -0.05) is 30.3 Å². The van der Waals surface area contributed by atoms with Crippen LogP contribution >= 0.6 is 0 Å². The van der Waals surface area contributed by atoms with Crippen LogP contribution in [0.3, 0.4) is 0 Å². The van der Waals surface area contributed by atoms with Crippen LogP contribution in [0.5, 0.6) is 0 Å². The fourth-order valence-electron chi connectivity index (χ4n) is 3.45. The van der Waals surface area contributed by atoms with Crippen molar-refractivity contribution in [1.29, 1.82) is 0 Å². The molecule has 5 rings (SSSR count). The van der Waals surface area contributed by atoms with E-state index in [0.717, 1.165) is 50.5 Å². The Kier molecular flexibility index (Phi) is 3.65. The van der Waals surface area contributed by atoms with Crippen molar-refractivity contribution in [1.82, 2.24) is 19.7 Å². The predicted molar refractivity (Wildman–Crippen MR) is 110 cm³/mol. The summed E-state index contributed by atoms with van der Waals surface area (Å²) in [5, 5.41) is 9.03. The van der Waals surface area contributed by atoms with Crippen LogP contribution in [0.25, 0.3) is 27.8 Å². The van der Waals surface area contributed by atoms with Crippen LogP contribution in [0, 0.1) is 20.8 Å². The van der Waals surface area contributed by atoms with E-state index >= 15 is 0 Å². The molecule has 0 fully saturated rings. The third-order valence-corrected chi connectivity index (χ3v) is 4.81. The number of anilines is 2. The summed E-state index contributed by atoms with van der Waals surface area (Å²) in [4.78, 5) is 9.37. The van der Waals surface area contributed by atoms with Gasteiger partial charge in [0.15, 0.2) is 11.4 Å². The molecule has 0 saturated heterocycles. The lowest BCUT2D eigenvalue weighted by Gasteiger charge is -2.11. The van der Waals surface area contributed by atoms with Gasteiger partial charge in [-0.2, -0.15) is 14.8 Å². The second-order valence-corrected chi connectivity index (χ2v) is 6.96. The van der Waals surface area contributed by atoms with Gasteiger partial charge in [-0.25, -0.2) is 4.98 Å². The van der Waals surface area contributed by atoms with Gasteiger partial charge in [0.1, 0.15) is 11.3 Å². The fourth-order valence-corrected chi connectivity index (χ4v) is 3.45. The number of oxazole rings is 1. The number of aryl methyl sites for hydroxylation is 3. The summed E-state index contributed by atoms with van der Waals surface area (Å²) in [6.07, 6.45) is 0. The smallest absolute Gasteiger partial charge is 0.301 e. The first-order chi connectivity index (χ1) is 13.6. The van der Waals surface area contributed by atoms with Crippen molar-refractivity contribution in [3.8, 4) is 5.82 Å². The van der Waals surface area contributed by atoms with Crippen molar-refractivity contribution in [2.75, 3.05) is 5.32 Å².